The summed E-state index contributed by atoms with van der Waals surface area (Å²) >= 11 is 2.34. The van der Waals surface area contributed by atoms with Crippen molar-refractivity contribution in [2.45, 2.75) is 13.8 Å². The zero-order valence-electron chi connectivity index (χ0n) is 15.7. The van der Waals surface area contributed by atoms with Crippen molar-refractivity contribution in [3.8, 4) is 33.4 Å². The number of benzene rings is 4. The molecule has 0 unspecified atom stereocenters. The maximum atomic E-state index is 2.34. The maximum absolute atomic E-state index is 2.34. The Morgan fingerprint density at radius 1 is 0.370 bits per heavy atom. The number of hydrogen-bond acceptors (Lipinski definition) is 0. The highest BCUT2D eigenvalue weighted by Crippen LogP contribution is 2.27. The third kappa shape index (κ3) is 4.86. The zero-order chi connectivity index (χ0) is 19.1. The van der Waals surface area contributed by atoms with Gasteiger partial charge in [-0.05, 0) is 68.1 Å². The van der Waals surface area contributed by atoms with Gasteiger partial charge in [0.2, 0.25) is 0 Å². The third-order valence-corrected chi connectivity index (χ3v) is 5.11. The molecule has 0 bridgehead atoms. The average Bonchev–Trinajstić information content (AvgIpc) is 2.77. The Kier molecular flexibility index (Phi) is 6.83. The first kappa shape index (κ1) is 19.4. The Labute approximate surface area is 176 Å². The van der Waals surface area contributed by atoms with Crippen LogP contribution < -0.4 is 0 Å². The maximum Gasteiger partial charge on any atom is 0.0130 e. The van der Waals surface area contributed by atoms with E-state index in [0.717, 1.165) is 0 Å². The van der Waals surface area contributed by atoms with Crippen LogP contribution in [0, 0.1) is 3.57 Å². The molecule has 0 amide bonds. The molecule has 4 aromatic rings. The molecule has 1 heteroatoms. The van der Waals surface area contributed by atoms with E-state index in [0.29, 0.717) is 0 Å². The lowest BCUT2D eigenvalue weighted by atomic mass is 9.98. The van der Waals surface area contributed by atoms with Gasteiger partial charge >= 0.3 is 0 Å². The van der Waals surface area contributed by atoms with Crippen molar-refractivity contribution in [1.29, 1.82) is 0 Å². The van der Waals surface area contributed by atoms with Gasteiger partial charge in [-0.2, -0.15) is 0 Å². The van der Waals surface area contributed by atoms with Crippen LogP contribution in [-0.2, 0) is 0 Å². The van der Waals surface area contributed by atoms with Crippen molar-refractivity contribution < 1.29 is 0 Å². The van der Waals surface area contributed by atoms with Gasteiger partial charge in [-0.1, -0.05) is 105 Å². The van der Waals surface area contributed by atoms with E-state index >= 15 is 0 Å². The molecular formula is C26H23I. The highest BCUT2D eigenvalue weighted by molar-refractivity contribution is 14.1. The van der Waals surface area contributed by atoms with Crippen LogP contribution >= 0.6 is 22.6 Å². The second-order valence-corrected chi connectivity index (χ2v) is 7.27. The molecule has 0 saturated heterocycles. The number of rotatable bonds is 3. The van der Waals surface area contributed by atoms with Crippen molar-refractivity contribution in [2.24, 2.45) is 0 Å². The standard InChI is InChI=1S/C24H17I.C2H6/c25-24-16-14-23(15-17-24)22-12-10-21(11-13-22)20-8-6-19(7-9-20)18-4-2-1-3-5-18;1-2/h1-17H;1-2H3. The van der Waals surface area contributed by atoms with E-state index in [1.165, 1.54) is 37.0 Å². The van der Waals surface area contributed by atoms with Gasteiger partial charge in [-0.3, -0.25) is 0 Å². The fourth-order valence-electron chi connectivity index (χ4n) is 2.98. The summed E-state index contributed by atoms with van der Waals surface area (Å²) in [6.07, 6.45) is 0. The highest BCUT2D eigenvalue weighted by Gasteiger charge is 2.02. The SMILES string of the molecule is CC.Ic1ccc(-c2ccc(-c3ccc(-c4ccccc4)cc3)cc2)cc1. The lowest BCUT2D eigenvalue weighted by Crippen LogP contribution is -1.82. The Morgan fingerprint density at radius 3 is 0.963 bits per heavy atom. The molecule has 0 aliphatic carbocycles. The van der Waals surface area contributed by atoms with Crippen LogP contribution in [0.2, 0.25) is 0 Å². The summed E-state index contributed by atoms with van der Waals surface area (Å²) in [4.78, 5) is 0. The summed E-state index contributed by atoms with van der Waals surface area (Å²) in [6.45, 7) is 4.00. The minimum atomic E-state index is 1.24. The summed E-state index contributed by atoms with van der Waals surface area (Å²) in [5.41, 5.74) is 7.50. The van der Waals surface area contributed by atoms with Crippen LogP contribution in [-0.4, -0.2) is 0 Å². The van der Waals surface area contributed by atoms with Gasteiger partial charge < -0.3 is 0 Å². The van der Waals surface area contributed by atoms with E-state index in [9.17, 15) is 0 Å². The Balaban J connectivity index is 0.00000102. The molecule has 0 radical (unpaired) electrons. The predicted molar refractivity (Wildman–Crippen MR) is 127 cm³/mol. The Morgan fingerprint density at radius 2 is 0.630 bits per heavy atom. The smallest absolute Gasteiger partial charge is 0.0130 e. The molecule has 0 atom stereocenters. The molecule has 0 fully saturated rings. The molecule has 4 rings (SSSR count). The quantitative estimate of drug-likeness (QED) is 0.269. The van der Waals surface area contributed by atoms with Crippen molar-refractivity contribution in [1.82, 2.24) is 0 Å². The van der Waals surface area contributed by atoms with Crippen molar-refractivity contribution in [2.75, 3.05) is 0 Å². The van der Waals surface area contributed by atoms with Gasteiger partial charge in [0.05, 0.1) is 0 Å². The number of hydrogen-bond donors (Lipinski definition) is 0. The monoisotopic (exact) mass is 462 g/mol. The molecule has 0 aliphatic rings. The molecule has 0 heterocycles. The van der Waals surface area contributed by atoms with E-state index in [1.54, 1.807) is 0 Å². The van der Waals surface area contributed by atoms with Gasteiger partial charge in [-0.15, -0.1) is 0 Å². The van der Waals surface area contributed by atoms with Gasteiger partial charge in [-0.25, -0.2) is 0 Å². The van der Waals surface area contributed by atoms with E-state index in [1.807, 2.05) is 19.9 Å². The summed E-state index contributed by atoms with van der Waals surface area (Å²) in [7, 11) is 0. The minimum Gasteiger partial charge on any atom is -0.0683 e. The van der Waals surface area contributed by atoms with Crippen LogP contribution in [0.15, 0.2) is 103 Å². The van der Waals surface area contributed by atoms with Gasteiger partial charge in [0, 0.05) is 3.57 Å². The average molecular weight is 462 g/mol. The lowest BCUT2D eigenvalue weighted by Gasteiger charge is -2.07. The van der Waals surface area contributed by atoms with Crippen LogP contribution in [0.4, 0.5) is 0 Å². The molecule has 4 aromatic carbocycles. The second-order valence-electron chi connectivity index (χ2n) is 6.03. The zero-order valence-corrected chi connectivity index (χ0v) is 17.9. The van der Waals surface area contributed by atoms with Crippen LogP contribution in [0.25, 0.3) is 33.4 Å². The van der Waals surface area contributed by atoms with Crippen molar-refractivity contribution in [3.05, 3.63) is 107 Å². The van der Waals surface area contributed by atoms with Crippen molar-refractivity contribution in [3.63, 3.8) is 0 Å². The Bertz CT molecular complexity index is 951. The second kappa shape index (κ2) is 9.52. The molecule has 0 aliphatic heterocycles. The summed E-state index contributed by atoms with van der Waals surface area (Å²) in [5, 5.41) is 0. The first-order chi connectivity index (χ1) is 13.3. The first-order valence-electron chi connectivity index (χ1n) is 9.31. The Hall–Kier alpha value is -2.39. The minimum absolute atomic E-state index is 1.24. The van der Waals surface area contributed by atoms with Gasteiger partial charge in [0.25, 0.3) is 0 Å². The summed E-state index contributed by atoms with van der Waals surface area (Å²) < 4.78 is 1.26. The highest BCUT2D eigenvalue weighted by atomic mass is 127. The van der Waals surface area contributed by atoms with E-state index in [4.69, 9.17) is 0 Å². The van der Waals surface area contributed by atoms with Gasteiger partial charge in [0.15, 0.2) is 0 Å². The van der Waals surface area contributed by atoms with Crippen LogP contribution in [0.5, 0.6) is 0 Å². The molecule has 0 aromatic heterocycles. The molecule has 0 spiro atoms. The normalized spacial score (nSPS) is 10.0. The predicted octanol–water partition coefficient (Wildman–Crippen LogP) is 8.32. The summed E-state index contributed by atoms with van der Waals surface area (Å²) in [6, 6.07) is 36.7. The topological polar surface area (TPSA) is 0 Å². The first-order valence-corrected chi connectivity index (χ1v) is 10.4. The largest absolute Gasteiger partial charge is 0.0683 e. The molecule has 134 valence electrons. The molecular weight excluding hydrogens is 439 g/mol. The van der Waals surface area contributed by atoms with Crippen LogP contribution in [0.3, 0.4) is 0 Å². The molecule has 0 saturated carbocycles. The van der Waals surface area contributed by atoms with Gasteiger partial charge in [0.1, 0.15) is 0 Å². The fraction of sp³-hybridized carbons (Fsp3) is 0.0769. The number of halogens is 1. The van der Waals surface area contributed by atoms with Crippen LogP contribution in [0.1, 0.15) is 13.8 Å². The summed E-state index contributed by atoms with van der Waals surface area (Å²) in [5.74, 6) is 0. The van der Waals surface area contributed by atoms with E-state index in [2.05, 4.69) is 120 Å². The third-order valence-electron chi connectivity index (χ3n) is 4.39. The fourth-order valence-corrected chi connectivity index (χ4v) is 3.34. The molecule has 0 N–H and O–H groups in total. The lowest BCUT2D eigenvalue weighted by molar-refractivity contribution is 1.50. The molecule has 0 nitrogen and oxygen atoms in total. The van der Waals surface area contributed by atoms with E-state index in [-0.39, 0.29) is 0 Å². The van der Waals surface area contributed by atoms with Crippen molar-refractivity contribution >= 4 is 22.6 Å². The molecule has 27 heavy (non-hydrogen) atoms. The van der Waals surface area contributed by atoms with E-state index < -0.39 is 0 Å².